The van der Waals surface area contributed by atoms with Crippen molar-refractivity contribution in [3.8, 4) is 0 Å². The van der Waals surface area contributed by atoms with Crippen molar-refractivity contribution in [2.45, 2.75) is 13.0 Å². The minimum Gasteiger partial charge on any atom is -0.481 e. The smallest absolute Gasteiger partial charge is 0.307 e. The molecule has 0 radical (unpaired) electrons. The molecule has 0 unspecified atom stereocenters. The molecule has 0 saturated heterocycles. The predicted molar refractivity (Wildman–Crippen MR) is 60.4 cm³/mol. The fourth-order valence-electron chi connectivity index (χ4n) is 1.92. The van der Waals surface area contributed by atoms with Crippen LogP contribution in [0.5, 0.6) is 0 Å². The fraction of sp³-hybridized carbons (Fsp3) is 0.250. The van der Waals surface area contributed by atoms with Gasteiger partial charge in [-0.25, -0.2) is 0 Å². The Hall–Kier alpha value is -1.81. The van der Waals surface area contributed by atoms with Crippen LogP contribution in [0.3, 0.4) is 0 Å². The summed E-state index contributed by atoms with van der Waals surface area (Å²) in [4.78, 5) is 10.7. The Morgan fingerprint density at radius 1 is 1.31 bits per heavy atom. The van der Waals surface area contributed by atoms with E-state index in [4.69, 9.17) is 10.2 Å². The molecule has 2 N–H and O–H groups in total. The van der Waals surface area contributed by atoms with Crippen molar-refractivity contribution in [1.29, 1.82) is 0 Å². The zero-order valence-corrected chi connectivity index (χ0v) is 8.76. The third-order valence-corrected chi connectivity index (χ3v) is 2.55. The zero-order chi connectivity index (χ0) is 11.5. The summed E-state index contributed by atoms with van der Waals surface area (Å²) < 4.78 is 1.88. The van der Waals surface area contributed by atoms with Crippen LogP contribution in [0.1, 0.15) is 5.56 Å². The maximum absolute atomic E-state index is 10.7. The third kappa shape index (κ3) is 1.92. The van der Waals surface area contributed by atoms with Crippen LogP contribution in [0.4, 0.5) is 0 Å². The van der Waals surface area contributed by atoms with Gasteiger partial charge in [-0.1, -0.05) is 18.2 Å². The van der Waals surface area contributed by atoms with E-state index in [1.165, 1.54) is 0 Å². The average Bonchev–Trinajstić information content (AvgIpc) is 2.58. The SMILES string of the molecule is O=C(O)Cc1cn(CCO)c2ccccc12. The minimum atomic E-state index is -0.841. The molecular formula is C12H13NO3. The van der Waals surface area contributed by atoms with Crippen LogP contribution in [0.15, 0.2) is 30.5 Å². The number of aromatic nitrogens is 1. The summed E-state index contributed by atoms with van der Waals surface area (Å²) in [6, 6.07) is 7.62. The summed E-state index contributed by atoms with van der Waals surface area (Å²) in [6.45, 7) is 0.533. The van der Waals surface area contributed by atoms with Gasteiger partial charge in [-0.2, -0.15) is 0 Å². The van der Waals surface area contributed by atoms with Crippen molar-refractivity contribution < 1.29 is 15.0 Å². The van der Waals surface area contributed by atoms with Gasteiger partial charge in [-0.05, 0) is 11.6 Å². The molecule has 2 rings (SSSR count). The number of rotatable bonds is 4. The lowest BCUT2D eigenvalue weighted by Gasteiger charge is -2.00. The number of fused-ring (bicyclic) bond motifs is 1. The van der Waals surface area contributed by atoms with Crippen LogP contribution < -0.4 is 0 Å². The molecule has 0 aliphatic carbocycles. The van der Waals surface area contributed by atoms with Crippen molar-refractivity contribution in [2.24, 2.45) is 0 Å². The number of para-hydroxylation sites is 1. The predicted octanol–water partition coefficient (Wildman–Crippen LogP) is 1.26. The molecule has 1 heterocycles. The number of aliphatic carboxylic acids is 1. The first-order valence-electron chi connectivity index (χ1n) is 5.12. The van der Waals surface area contributed by atoms with Crippen molar-refractivity contribution in [3.05, 3.63) is 36.0 Å². The lowest BCUT2D eigenvalue weighted by Crippen LogP contribution is -2.01. The van der Waals surface area contributed by atoms with Crippen LogP contribution in [0, 0.1) is 0 Å². The molecule has 1 aromatic heterocycles. The van der Waals surface area contributed by atoms with Gasteiger partial charge < -0.3 is 14.8 Å². The minimum absolute atomic E-state index is 0.0128. The summed E-state index contributed by atoms with van der Waals surface area (Å²) in [5.74, 6) is -0.841. The van der Waals surface area contributed by atoms with Gasteiger partial charge in [0.05, 0.1) is 13.0 Å². The Balaban J connectivity index is 2.52. The molecule has 2 aromatic rings. The molecule has 4 heteroatoms. The Morgan fingerprint density at radius 2 is 2.06 bits per heavy atom. The van der Waals surface area contributed by atoms with E-state index in [1.807, 2.05) is 28.8 Å². The van der Waals surface area contributed by atoms with Crippen molar-refractivity contribution in [3.63, 3.8) is 0 Å². The topological polar surface area (TPSA) is 62.5 Å². The second kappa shape index (κ2) is 4.37. The molecule has 0 spiro atoms. The highest BCUT2D eigenvalue weighted by atomic mass is 16.4. The molecule has 0 aliphatic heterocycles. The summed E-state index contributed by atoms with van der Waals surface area (Å²) in [7, 11) is 0. The normalized spacial score (nSPS) is 10.8. The number of nitrogens with zero attached hydrogens (tertiary/aromatic N) is 1. The monoisotopic (exact) mass is 219 g/mol. The van der Waals surface area contributed by atoms with Gasteiger partial charge in [-0.3, -0.25) is 4.79 Å². The molecule has 0 bridgehead atoms. The fourth-order valence-corrected chi connectivity index (χ4v) is 1.92. The van der Waals surface area contributed by atoms with E-state index in [1.54, 1.807) is 6.20 Å². The van der Waals surface area contributed by atoms with E-state index >= 15 is 0 Å². The maximum Gasteiger partial charge on any atom is 0.307 e. The number of carboxylic acid groups (broad SMARTS) is 1. The highest BCUT2D eigenvalue weighted by Gasteiger charge is 2.10. The Bertz CT molecular complexity index is 516. The molecule has 0 atom stereocenters. The Labute approximate surface area is 92.7 Å². The first kappa shape index (κ1) is 10.7. The van der Waals surface area contributed by atoms with E-state index in [-0.39, 0.29) is 13.0 Å². The summed E-state index contributed by atoms with van der Waals surface area (Å²) >= 11 is 0. The number of aliphatic hydroxyl groups is 1. The van der Waals surface area contributed by atoms with Crippen molar-refractivity contribution in [2.75, 3.05) is 6.61 Å². The van der Waals surface area contributed by atoms with Gasteiger partial charge in [0.1, 0.15) is 0 Å². The molecule has 84 valence electrons. The van der Waals surface area contributed by atoms with Crippen LogP contribution in [0.2, 0.25) is 0 Å². The Morgan fingerprint density at radius 3 is 2.75 bits per heavy atom. The van der Waals surface area contributed by atoms with Crippen LogP contribution >= 0.6 is 0 Å². The summed E-state index contributed by atoms with van der Waals surface area (Å²) in [5, 5.41) is 18.7. The first-order chi connectivity index (χ1) is 7.72. The van der Waals surface area contributed by atoms with E-state index in [2.05, 4.69) is 0 Å². The molecule has 0 saturated carbocycles. The standard InChI is InChI=1S/C12H13NO3/c14-6-5-13-8-9(7-12(15)16)10-3-1-2-4-11(10)13/h1-4,8,14H,5-7H2,(H,15,16). The number of aliphatic hydroxyl groups excluding tert-OH is 1. The lowest BCUT2D eigenvalue weighted by atomic mass is 10.1. The molecule has 4 nitrogen and oxygen atoms in total. The van der Waals surface area contributed by atoms with Gasteiger partial charge in [0.2, 0.25) is 0 Å². The molecule has 0 amide bonds. The highest BCUT2D eigenvalue weighted by molar-refractivity contribution is 5.87. The molecule has 16 heavy (non-hydrogen) atoms. The summed E-state index contributed by atoms with van der Waals surface area (Å²) in [5.41, 5.74) is 1.75. The molecule has 0 fully saturated rings. The second-order valence-electron chi connectivity index (χ2n) is 3.66. The summed E-state index contributed by atoms with van der Waals surface area (Å²) in [6.07, 6.45) is 1.81. The van der Waals surface area contributed by atoms with E-state index in [9.17, 15) is 4.79 Å². The van der Waals surface area contributed by atoms with Crippen molar-refractivity contribution in [1.82, 2.24) is 4.57 Å². The number of carbonyl (C=O) groups is 1. The van der Waals surface area contributed by atoms with E-state index < -0.39 is 5.97 Å². The van der Waals surface area contributed by atoms with Gasteiger partial charge in [0, 0.05) is 23.6 Å². The van der Waals surface area contributed by atoms with Gasteiger partial charge in [0.25, 0.3) is 0 Å². The molecule has 0 aliphatic rings. The number of hydrogen-bond acceptors (Lipinski definition) is 2. The maximum atomic E-state index is 10.7. The lowest BCUT2D eigenvalue weighted by molar-refractivity contribution is -0.136. The largest absolute Gasteiger partial charge is 0.481 e. The molecular weight excluding hydrogens is 206 g/mol. The molecule has 1 aromatic carbocycles. The van der Waals surface area contributed by atoms with Crippen molar-refractivity contribution >= 4 is 16.9 Å². The Kier molecular flexibility index (Phi) is 2.92. The number of hydrogen-bond donors (Lipinski definition) is 2. The van der Waals surface area contributed by atoms with Gasteiger partial charge >= 0.3 is 5.97 Å². The van der Waals surface area contributed by atoms with Crippen LogP contribution in [-0.4, -0.2) is 27.4 Å². The number of benzene rings is 1. The van der Waals surface area contributed by atoms with Crippen LogP contribution in [-0.2, 0) is 17.8 Å². The zero-order valence-electron chi connectivity index (χ0n) is 8.76. The quantitative estimate of drug-likeness (QED) is 0.813. The average molecular weight is 219 g/mol. The van der Waals surface area contributed by atoms with E-state index in [0.717, 1.165) is 16.5 Å². The first-order valence-corrected chi connectivity index (χ1v) is 5.12. The number of carboxylic acids is 1. The third-order valence-electron chi connectivity index (χ3n) is 2.55. The second-order valence-corrected chi connectivity index (χ2v) is 3.66. The van der Waals surface area contributed by atoms with Crippen LogP contribution in [0.25, 0.3) is 10.9 Å². The highest BCUT2D eigenvalue weighted by Crippen LogP contribution is 2.21. The van der Waals surface area contributed by atoms with E-state index in [0.29, 0.717) is 6.54 Å². The van der Waals surface area contributed by atoms with Gasteiger partial charge in [0.15, 0.2) is 0 Å². The van der Waals surface area contributed by atoms with Gasteiger partial charge in [-0.15, -0.1) is 0 Å².